The minimum Gasteiger partial charge on any atom is -0.396 e. The molecule has 176 valence electrons. The van der Waals surface area contributed by atoms with E-state index in [-0.39, 0.29) is 5.41 Å². The Morgan fingerprint density at radius 3 is 2.10 bits per heavy atom. The van der Waals surface area contributed by atoms with Crippen LogP contribution in [-0.2, 0) is 0 Å². The van der Waals surface area contributed by atoms with E-state index in [1.165, 1.54) is 70.6 Å². The Morgan fingerprint density at radius 2 is 1.42 bits per heavy atom. The van der Waals surface area contributed by atoms with Gasteiger partial charge in [0, 0.05) is 6.61 Å². The average molecular weight is 427 g/mol. The van der Waals surface area contributed by atoms with Gasteiger partial charge in [0.25, 0.3) is 0 Å². The smallest absolute Gasteiger partial charge is 0.0487 e. The molecule has 31 heavy (non-hydrogen) atoms. The van der Waals surface area contributed by atoms with Gasteiger partial charge in [-0.15, -0.1) is 0 Å². The SMILES string of the molecule is CC1(C)CC[C@]2(C)CC=C3[C@]4(C)CC[C@H]5[C@](C)(CO)CCC[C@]5(C)[C@H]4CC[C@@]3(C)[C@@H]2C1. The Kier molecular flexibility index (Phi) is 4.82. The topological polar surface area (TPSA) is 20.2 Å². The van der Waals surface area contributed by atoms with Crippen molar-refractivity contribution in [2.75, 3.05) is 6.61 Å². The first-order valence-electron chi connectivity index (χ1n) is 13.7. The Hall–Kier alpha value is -0.300. The summed E-state index contributed by atoms with van der Waals surface area (Å²) >= 11 is 0. The van der Waals surface area contributed by atoms with Gasteiger partial charge >= 0.3 is 0 Å². The summed E-state index contributed by atoms with van der Waals surface area (Å²) < 4.78 is 0. The second kappa shape index (κ2) is 6.64. The Bertz CT molecular complexity index is 779. The number of aliphatic hydroxyl groups excluding tert-OH is 1. The molecule has 0 unspecified atom stereocenters. The van der Waals surface area contributed by atoms with Crippen LogP contribution in [0.1, 0.15) is 119 Å². The molecule has 0 aromatic carbocycles. The summed E-state index contributed by atoms with van der Waals surface area (Å²) in [4.78, 5) is 0. The van der Waals surface area contributed by atoms with Gasteiger partial charge in [-0.1, -0.05) is 66.5 Å². The zero-order chi connectivity index (χ0) is 22.5. The number of fused-ring (bicyclic) bond motifs is 7. The molecular weight excluding hydrogens is 376 g/mol. The molecule has 0 radical (unpaired) electrons. The Morgan fingerprint density at radius 1 is 0.774 bits per heavy atom. The normalized spacial score (nSPS) is 55.9. The summed E-state index contributed by atoms with van der Waals surface area (Å²) in [5, 5.41) is 10.4. The van der Waals surface area contributed by atoms with E-state index in [0.717, 1.165) is 11.8 Å². The predicted octanol–water partition coefficient (Wildman–Crippen LogP) is 8.17. The minimum absolute atomic E-state index is 0.141. The molecule has 0 aromatic heterocycles. The van der Waals surface area contributed by atoms with Gasteiger partial charge in [-0.05, 0) is 114 Å². The fraction of sp³-hybridized carbons (Fsp3) is 0.933. The van der Waals surface area contributed by atoms with Crippen molar-refractivity contribution < 1.29 is 5.11 Å². The molecule has 4 saturated carbocycles. The lowest BCUT2D eigenvalue weighted by Crippen LogP contribution is -2.62. The van der Waals surface area contributed by atoms with Gasteiger partial charge in [0.1, 0.15) is 0 Å². The highest BCUT2D eigenvalue weighted by atomic mass is 16.3. The highest BCUT2D eigenvalue weighted by molar-refractivity contribution is 5.34. The highest BCUT2D eigenvalue weighted by Gasteiger charge is 2.66. The van der Waals surface area contributed by atoms with Crippen LogP contribution in [0.15, 0.2) is 11.6 Å². The van der Waals surface area contributed by atoms with Crippen molar-refractivity contribution in [1.29, 1.82) is 0 Å². The second-order valence-electron chi connectivity index (χ2n) is 15.1. The summed E-state index contributed by atoms with van der Waals surface area (Å²) in [5.41, 5.74) is 4.21. The van der Waals surface area contributed by atoms with Crippen LogP contribution in [0.25, 0.3) is 0 Å². The summed E-state index contributed by atoms with van der Waals surface area (Å²) in [7, 11) is 0. The van der Waals surface area contributed by atoms with E-state index < -0.39 is 0 Å². The molecule has 8 atom stereocenters. The molecule has 5 aliphatic carbocycles. The van der Waals surface area contributed by atoms with Crippen molar-refractivity contribution in [3.05, 3.63) is 11.6 Å². The van der Waals surface area contributed by atoms with Crippen LogP contribution in [0, 0.1) is 50.2 Å². The van der Waals surface area contributed by atoms with Gasteiger partial charge in [-0.25, -0.2) is 0 Å². The lowest BCUT2D eigenvalue weighted by atomic mass is 9.35. The first-order chi connectivity index (χ1) is 14.3. The maximum atomic E-state index is 10.4. The maximum Gasteiger partial charge on any atom is 0.0487 e. The molecule has 0 aromatic rings. The van der Waals surface area contributed by atoms with Crippen LogP contribution in [-0.4, -0.2) is 11.7 Å². The van der Waals surface area contributed by atoms with Gasteiger partial charge in [-0.3, -0.25) is 0 Å². The molecule has 1 nitrogen and oxygen atoms in total. The summed E-state index contributed by atoms with van der Waals surface area (Å²) in [5.74, 6) is 2.34. The van der Waals surface area contributed by atoms with Crippen molar-refractivity contribution >= 4 is 0 Å². The van der Waals surface area contributed by atoms with Crippen LogP contribution < -0.4 is 0 Å². The Balaban J connectivity index is 1.55. The van der Waals surface area contributed by atoms with Crippen molar-refractivity contribution in [2.24, 2.45) is 50.2 Å². The summed E-state index contributed by atoms with van der Waals surface area (Å²) in [6.07, 6.45) is 17.7. The number of rotatable bonds is 1. The quantitative estimate of drug-likeness (QED) is 0.419. The molecule has 0 aliphatic heterocycles. The second-order valence-corrected chi connectivity index (χ2v) is 15.1. The van der Waals surface area contributed by atoms with Crippen molar-refractivity contribution in [2.45, 2.75) is 119 Å². The monoisotopic (exact) mass is 426 g/mol. The third kappa shape index (κ3) is 2.90. The van der Waals surface area contributed by atoms with Crippen molar-refractivity contribution in [1.82, 2.24) is 0 Å². The lowest BCUT2D eigenvalue weighted by Gasteiger charge is -2.70. The molecule has 0 bridgehead atoms. The average Bonchev–Trinajstić information content (AvgIpc) is 2.68. The fourth-order valence-electron chi connectivity index (χ4n) is 11.0. The van der Waals surface area contributed by atoms with E-state index in [1.54, 1.807) is 0 Å². The number of hydrogen-bond acceptors (Lipinski definition) is 1. The molecule has 0 heterocycles. The summed E-state index contributed by atoms with van der Waals surface area (Å²) in [6, 6.07) is 0. The highest BCUT2D eigenvalue weighted by Crippen LogP contribution is 2.74. The van der Waals surface area contributed by atoms with Crippen LogP contribution in [0.3, 0.4) is 0 Å². The molecule has 0 saturated heterocycles. The maximum absolute atomic E-state index is 10.4. The van der Waals surface area contributed by atoms with Gasteiger partial charge in [0.2, 0.25) is 0 Å². The standard InChI is InChI=1S/C30H50O/c1-25(2)17-18-26(3)14-9-22-29(6)15-10-21-27(4,20-31)12-8-13-28(21,5)23(29)11-16-30(22,7)24(26)19-25/h9,21,23-24,31H,8,10-20H2,1-7H3/t21-,23+,24+,26-,27-,28-,29-,30+/m0/s1. The molecule has 4 fully saturated rings. The third-order valence-corrected chi connectivity index (χ3v) is 12.7. The summed E-state index contributed by atoms with van der Waals surface area (Å²) in [6.45, 7) is 18.5. The van der Waals surface area contributed by atoms with Crippen LogP contribution >= 0.6 is 0 Å². The lowest BCUT2D eigenvalue weighted by molar-refractivity contribution is -0.166. The van der Waals surface area contributed by atoms with Crippen molar-refractivity contribution in [3.8, 4) is 0 Å². The Labute approximate surface area is 192 Å². The number of allylic oxidation sites excluding steroid dienone is 2. The first-order valence-corrected chi connectivity index (χ1v) is 13.7. The van der Waals surface area contributed by atoms with Gasteiger partial charge < -0.3 is 5.11 Å². The van der Waals surface area contributed by atoms with E-state index >= 15 is 0 Å². The van der Waals surface area contributed by atoms with Crippen LogP contribution in [0.4, 0.5) is 0 Å². The zero-order valence-electron chi connectivity index (χ0n) is 21.7. The van der Waals surface area contributed by atoms with Crippen molar-refractivity contribution in [3.63, 3.8) is 0 Å². The largest absolute Gasteiger partial charge is 0.396 e. The van der Waals surface area contributed by atoms with Crippen LogP contribution in [0.5, 0.6) is 0 Å². The molecule has 5 rings (SSSR count). The third-order valence-electron chi connectivity index (χ3n) is 12.7. The first kappa shape index (κ1) is 22.5. The fourth-order valence-corrected chi connectivity index (χ4v) is 11.0. The van der Waals surface area contributed by atoms with E-state index in [0.29, 0.717) is 39.6 Å². The van der Waals surface area contributed by atoms with Crippen LogP contribution in [0.2, 0.25) is 0 Å². The molecule has 0 amide bonds. The predicted molar refractivity (Wildman–Crippen MR) is 131 cm³/mol. The molecular formula is C30H50O. The van der Waals surface area contributed by atoms with E-state index in [1.807, 2.05) is 5.57 Å². The van der Waals surface area contributed by atoms with E-state index in [4.69, 9.17) is 0 Å². The van der Waals surface area contributed by atoms with Gasteiger partial charge in [0.05, 0.1) is 0 Å². The van der Waals surface area contributed by atoms with E-state index in [2.05, 4.69) is 54.5 Å². The van der Waals surface area contributed by atoms with E-state index in [9.17, 15) is 5.11 Å². The number of aliphatic hydroxyl groups is 1. The molecule has 1 N–H and O–H groups in total. The number of hydrogen-bond donors (Lipinski definition) is 1. The van der Waals surface area contributed by atoms with Gasteiger partial charge in [-0.2, -0.15) is 0 Å². The molecule has 1 heteroatoms. The molecule has 0 spiro atoms. The molecule has 5 aliphatic rings. The minimum atomic E-state index is 0.141. The van der Waals surface area contributed by atoms with Gasteiger partial charge in [0.15, 0.2) is 0 Å². The zero-order valence-corrected chi connectivity index (χ0v) is 21.7.